The molecule has 0 aliphatic rings. The van der Waals surface area contributed by atoms with Crippen molar-refractivity contribution in [3.8, 4) is 5.75 Å². The molecule has 6 nitrogen and oxygen atoms in total. The molecule has 1 heterocycles. The summed E-state index contributed by atoms with van der Waals surface area (Å²) in [4.78, 5) is 27.1. The maximum absolute atomic E-state index is 13.6. The molecule has 1 amide bonds. The highest BCUT2D eigenvalue weighted by Crippen LogP contribution is 2.36. The van der Waals surface area contributed by atoms with E-state index in [1.54, 1.807) is 16.7 Å². The predicted octanol–water partition coefficient (Wildman–Crippen LogP) is 6.81. The first-order valence-electron chi connectivity index (χ1n) is 10.8. The average Bonchev–Trinajstić information content (AvgIpc) is 2.64. The number of aromatic nitrogens is 1. The van der Waals surface area contributed by atoms with Crippen molar-refractivity contribution < 1.29 is 14.6 Å². The van der Waals surface area contributed by atoms with Crippen LogP contribution in [0.25, 0.3) is 10.8 Å². The summed E-state index contributed by atoms with van der Waals surface area (Å²) < 4.78 is 7.84. The van der Waals surface area contributed by atoms with Crippen molar-refractivity contribution in [1.29, 1.82) is 0 Å². The van der Waals surface area contributed by atoms with Crippen LogP contribution in [0.5, 0.6) is 5.75 Å². The second-order valence-electron chi connectivity index (χ2n) is 10.3. The van der Waals surface area contributed by atoms with Crippen LogP contribution in [0.4, 0.5) is 4.79 Å². The molecule has 2 aromatic rings. The molecular formula is C24H34Cl2N2O4. The Bertz CT molecular complexity index is 1050. The minimum atomic E-state index is -1.07. The molecule has 0 spiro atoms. The van der Waals surface area contributed by atoms with Crippen LogP contribution in [0.3, 0.4) is 0 Å². The molecule has 32 heavy (non-hydrogen) atoms. The van der Waals surface area contributed by atoms with Gasteiger partial charge < -0.3 is 14.4 Å². The molecule has 1 N–H and O–H groups in total. The van der Waals surface area contributed by atoms with Crippen LogP contribution in [0.15, 0.2) is 16.9 Å². The number of amides is 1. The molecule has 8 heteroatoms. The highest BCUT2D eigenvalue weighted by molar-refractivity contribution is 6.42. The zero-order valence-corrected chi connectivity index (χ0v) is 21.5. The lowest BCUT2D eigenvalue weighted by Gasteiger charge is -2.35. The van der Waals surface area contributed by atoms with Gasteiger partial charge in [-0.15, -0.1) is 0 Å². The van der Waals surface area contributed by atoms with Crippen molar-refractivity contribution in [3.63, 3.8) is 0 Å². The predicted molar refractivity (Wildman–Crippen MR) is 131 cm³/mol. The summed E-state index contributed by atoms with van der Waals surface area (Å²) in [5.41, 5.74) is -0.643. The molecule has 2 rings (SSSR count). The van der Waals surface area contributed by atoms with Gasteiger partial charge in [0.2, 0.25) is 0 Å². The summed E-state index contributed by atoms with van der Waals surface area (Å²) in [6.45, 7) is 14.4. The topological polar surface area (TPSA) is 71.8 Å². The minimum absolute atomic E-state index is 0.00178. The lowest BCUT2D eigenvalue weighted by molar-refractivity contribution is 0.0924. The Hall–Kier alpha value is -1.92. The first-order valence-corrected chi connectivity index (χ1v) is 11.6. The summed E-state index contributed by atoms with van der Waals surface area (Å²) in [6, 6.07) is 3.20. The number of hydrogen-bond acceptors (Lipinski definition) is 3. The fraction of sp³-hybridized carbons (Fsp3) is 0.583. The number of carboxylic acid groups (broad SMARTS) is 1. The molecule has 0 saturated carbocycles. The number of benzene rings is 1. The standard InChI is InChI=1S/C24H34Cl2N2O4/c1-8-9-10-32-20-15-11-17(25)18(26)12-16(15)21(29)27(14-23(2,3)4)19(20)13-28(22(30)31)24(5,6)7/h11-12H,8-10,13-14H2,1-7H3,(H,30,31). The Balaban J connectivity index is 2.93. The van der Waals surface area contributed by atoms with Crippen LogP contribution < -0.4 is 10.3 Å². The molecule has 0 radical (unpaired) electrons. The van der Waals surface area contributed by atoms with Crippen LogP contribution in [-0.2, 0) is 13.1 Å². The fourth-order valence-electron chi connectivity index (χ4n) is 3.48. The molecule has 0 atom stereocenters. The van der Waals surface area contributed by atoms with Gasteiger partial charge in [0, 0.05) is 17.5 Å². The van der Waals surface area contributed by atoms with E-state index < -0.39 is 11.6 Å². The Kier molecular flexibility index (Phi) is 8.16. The van der Waals surface area contributed by atoms with Crippen LogP contribution in [-0.4, -0.2) is 32.8 Å². The largest absolute Gasteiger partial charge is 0.491 e. The number of halogens is 2. The van der Waals surface area contributed by atoms with Crippen molar-refractivity contribution in [2.75, 3.05) is 6.61 Å². The van der Waals surface area contributed by atoms with Gasteiger partial charge in [-0.25, -0.2) is 4.79 Å². The summed E-state index contributed by atoms with van der Waals surface area (Å²) in [5.74, 6) is 0.478. The number of carbonyl (C=O) groups is 1. The van der Waals surface area contributed by atoms with Gasteiger partial charge in [0.1, 0.15) is 5.75 Å². The highest BCUT2D eigenvalue weighted by atomic mass is 35.5. The second kappa shape index (κ2) is 9.92. The van der Waals surface area contributed by atoms with Crippen molar-refractivity contribution in [1.82, 2.24) is 9.47 Å². The van der Waals surface area contributed by atoms with E-state index in [2.05, 4.69) is 6.92 Å². The molecule has 0 bridgehead atoms. The first kappa shape index (κ1) is 26.3. The second-order valence-corrected chi connectivity index (χ2v) is 11.1. The van der Waals surface area contributed by atoms with Gasteiger partial charge in [0.05, 0.1) is 34.3 Å². The monoisotopic (exact) mass is 484 g/mol. The van der Waals surface area contributed by atoms with E-state index in [-0.39, 0.29) is 22.5 Å². The van der Waals surface area contributed by atoms with Gasteiger partial charge in [0.25, 0.3) is 5.56 Å². The fourth-order valence-corrected chi connectivity index (χ4v) is 3.80. The maximum atomic E-state index is 13.6. The quantitative estimate of drug-likeness (QED) is 0.437. The third kappa shape index (κ3) is 6.10. The SMILES string of the molecule is CCCCOc1c(CN(C(=O)O)C(C)(C)C)n(CC(C)(C)C)c(=O)c2cc(Cl)c(Cl)cc12. The van der Waals surface area contributed by atoms with E-state index >= 15 is 0 Å². The normalized spacial score (nSPS) is 12.3. The van der Waals surface area contributed by atoms with Crippen LogP contribution >= 0.6 is 23.2 Å². The summed E-state index contributed by atoms with van der Waals surface area (Å²) in [7, 11) is 0. The van der Waals surface area contributed by atoms with Gasteiger partial charge in [-0.2, -0.15) is 0 Å². The van der Waals surface area contributed by atoms with Crippen LogP contribution in [0.1, 0.15) is 67.0 Å². The number of pyridine rings is 1. The van der Waals surface area contributed by atoms with Crippen molar-refractivity contribution in [3.05, 3.63) is 38.2 Å². The van der Waals surface area contributed by atoms with E-state index in [9.17, 15) is 14.7 Å². The number of unbranched alkanes of at least 4 members (excludes halogenated alkanes) is 1. The third-order valence-corrected chi connectivity index (χ3v) is 5.82. The highest BCUT2D eigenvalue weighted by Gasteiger charge is 2.31. The Labute approximate surface area is 200 Å². The Morgan fingerprint density at radius 3 is 2.12 bits per heavy atom. The van der Waals surface area contributed by atoms with E-state index in [0.717, 1.165) is 12.8 Å². The lowest BCUT2D eigenvalue weighted by Crippen LogP contribution is -2.45. The molecule has 0 aliphatic carbocycles. The number of fused-ring (bicyclic) bond motifs is 1. The zero-order chi connectivity index (χ0) is 24.4. The summed E-state index contributed by atoms with van der Waals surface area (Å²) in [6.07, 6.45) is 0.689. The number of rotatable bonds is 7. The van der Waals surface area contributed by atoms with Crippen LogP contribution in [0.2, 0.25) is 10.0 Å². The number of ether oxygens (including phenoxy) is 1. The Morgan fingerprint density at radius 2 is 1.66 bits per heavy atom. The van der Waals surface area contributed by atoms with Gasteiger partial charge in [0.15, 0.2) is 0 Å². The average molecular weight is 485 g/mol. The Morgan fingerprint density at radius 1 is 1.09 bits per heavy atom. The molecule has 0 aliphatic heterocycles. The van der Waals surface area contributed by atoms with Gasteiger partial charge >= 0.3 is 6.09 Å². The van der Waals surface area contributed by atoms with E-state index in [0.29, 0.717) is 40.4 Å². The third-order valence-electron chi connectivity index (χ3n) is 5.09. The molecule has 178 valence electrons. The first-order chi connectivity index (χ1) is 14.7. The smallest absolute Gasteiger partial charge is 0.408 e. The van der Waals surface area contributed by atoms with E-state index in [4.69, 9.17) is 27.9 Å². The lowest BCUT2D eigenvalue weighted by atomic mass is 9.96. The summed E-state index contributed by atoms with van der Waals surface area (Å²) in [5, 5.41) is 11.5. The molecule has 0 unspecified atom stereocenters. The van der Waals surface area contributed by atoms with Gasteiger partial charge in [-0.1, -0.05) is 57.3 Å². The van der Waals surface area contributed by atoms with Crippen LogP contribution in [0, 0.1) is 5.41 Å². The maximum Gasteiger partial charge on any atom is 0.408 e. The molecule has 0 saturated heterocycles. The van der Waals surface area contributed by atoms with Crippen molar-refractivity contribution >= 4 is 40.1 Å². The van der Waals surface area contributed by atoms with Gasteiger partial charge in [-0.05, 0) is 44.7 Å². The van der Waals surface area contributed by atoms with Crippen molar-refractivity contribution in [2.45, 2.75) is 79.9 Å². The zero-order valence-electron chi connectivity index (χ0n) is 20.0. The number of hydrogen-bond donors (Lipinski definition) is 1. The molecule has 1 aromatic heterocycles. The molecule has 0 fully saturated rings. The van der Waals surface area contributed by atoms with Gasteiger partial charge in [-0.3, -0.25) is 9.69 Å². The van der Waals surface area contributed by atoms with E-state index in [1.165, 1.54) is 4.90 Å². The minimum Gasteiger partial charge on any atom is -0.491 e. The number of nitrogens with zero attached hydrogens (tertiary/aromatic N) is 2. The molecular weight excluding hydrogens is 451 g/mol. The molecule has 1 aromatic carbocycles. The summed E-state index contributed by atoms with van der Waals surface area (Å²) >= 11 is 12.5. The van der Waals surface area contributed by atoms with E-state index in [1.807, 2.05) is 41.5 Å². The van der Waals surface area contributed by atoms with Crippen molar-refractivity contribution in [2.24, 2.45) is 5.41 Å².